The van der Waals surface area contributed by atoms with Crippen molar-refractivity contribution in [1.29, 1.82) is 0 Å². The van der Waals surface area contributed by atoms with Crippen LogP contribution in [0, 0.1) is 23.2 Å². The van der Waals surface area contributed by atoms with Gasteiger partial charge in [-0.1, -0.05) is 57.5 Å². The maximum Gasteiger partial charge on any atom is 0.311 e. The molecule has 4 rings (SSSR count). The van der Waals surface area contributed by atoms with Crippen LogP contribution in [-0.2, 0) is 22.5 Å². The van der Waals surface area contributed by atoms with E-state index >= 15 is 0 Å². The molecule has 2 aromatic rings. The third-order valence-electron chi connectivity index (χ3n) is 8.25. The van der Waals surface area contributed by atoms with E-state index in [9.17, 15) is 4.79 Å². The number of esters is 1. The van der Waals surface area contributed by atoms with Crippen LogP contribution in [-0.4, -0.2) is 31.1 Å². The maximum absolute atomic E-state index is 11.6. The van der Waals surface area contributed by atoms with Gasteiger partial charge in [0, 0.05) is 19.6 Å². The molecule has 1 aliphatic carbocycles. The molecule has 1 saturated heterocycles. The molecule has 168 valence electrons. The molecule has 2 aliphatic rings. The lowest BCUT2D eigenvalue weighted by molar-refractivity contribution is -0.151. The Bertz CT molecular complexity index is 904. The number of fused-ring (bicyclic) bond motifs is 1. The lowest BCUT2D eigenvalue weighted by atomic mass is 9.67. The van der Waals surface area contributed by atoms with E-state index in [2.05, 4.69) is 62.1 Å². The molecule has 0 N–H and O–H groups in total. The van der Waals surface area contributed by atoms with Crippen molar-refractivity contribution in [2.24, 2.45) is 23.2 Å². The average Bonchev–Trinajstić information content (AvgIpc) is 2.76. The molecular formula is C28H39NO2. The smallest absolute Gasteiger partial charge is 0.311 e. The SMILES string of the molecule is CCC(C)(C)[C@H]1CC[C@H](Cc2ccc3cc(CN4CC(C(=O)OC)C4)ccc3c2)CC1. The Morgan fingerprint density at radius 2 is 1.61 bits per heavy atom. The van der Waals surface area contributed by atoms with Crippen LogP contribution in [0.1, 0.15) is 64.0 Å². The van der Waals surface area contributed by atoms with Crippen LogP contribution in [0.3, 0.4) is 0 Å². The lowest BCUT2D eigenvalue weighted by Crippen LogP contribution is -2.49. The van der Waals surface area contributed by atoms with E-state index in [0.717, 1.165) is 31.5 Å². The van der Waals surface area contributed by atoms with Crippen molar-refractivity contribution < 1.29 is 9.53 Å². The van der Waals surface area contributed by atoms with Gasteiger partial charge in [-0.2, -0.15) is 0 Å². The summed E-state index contributed by atoms with van der Waals surface area (Å²) in [6.07, 6.45) is 8.07. The second-order valence-corrected chi connectivity index (χ2v) is 10.7. The van der Waals surface area contributed by atoms with E-state index in [4.69, 9.17) is 4.74 Å². The van der Waals surface area contributed by atoms with Gasteiger partial charge in [-0.25, -0.2) is 0 Å². The Hall–Kier alpha value is -1.87. The van der Waals surface area contributed by atoms with Crippen LogP contribution in [0.2, 0.25) is 0 Å². The van der Waals surface area contributed by atoms with Gasteiger partial charge in [0.15, 0.2) is 0 Å². The molecule has 1 heterocycles. The fourth-order valence-corrected chi connectivity index (χ4v) is 5.61. The number of ether oxygens (including phenoxy) is 1. The zero-order valence-corrected chi connectivity index (χ0v) is 19.8. The summed E-state index contributed by atoms with van der Waals surface area (Å²) in [4.78, 5) is 13.9. The van der Waals surface area contributed by atoms with Crippen LogP contribution >= 0.6 is 0 Å². The highest BCUT2D eigenvalue weighted by Gasteiger charge is 2.33. The van der Waals surface area contributed by atoms with E-state index < -0.39 is 0 Å². The Balaban J connectivity index is 1.32. The second kappa shape index (κ2) is 9.32. The van der Waals surface area contributed by atoms with Crippen molar-refractivity contribution in [3.05, 3.63) is 47.5 Å². The van der Waals surface area contributed by atoms with Crippen molar-refractivity contribution in [2.75, 3.05) is 20.2 Å². The molecule has 0 unspecified atom stereocenters. The van der Waals surface area contributed by atoms with Crippen molar-refractivity contribution in [1.82, 2.24) is 4.90 Å². The van der Waals surface area contributed by atoms with Gasteiger partial charge in [0.1, 0.15) is 0 Å². The summed E-state index contributed by atoms with van der Waals surface area (Å²) in [6, 6.07) is 13.9. The monoisotopic (exact) mass is 421 g/mol. The largest absolute Gasteiger partial charge is 0.469 e. The summed E-state index contributed by atoms with van der Waals surface area (Å²) in [5.74, 6) is 1.72. The Morgan fingerprint density at radius 3 is 2.23 bits per heavy atom. The molecule has 3 nitrogen and oxygen atoms in total. The first-order valence-corrected chi connectivity index (χ1v) is 12.2. The predicted molar refractivity (Wildman–Crippen MR) is 128 cm³/mol. The molecule has 0 atom stereocenters. The number of methoxy groups -OCH3 is 1. The van der Waals surface area contributed by atoms with Crippen LogP contribution < -0.4 is 0 Å². The third-order valence-corrected chi connectivity index (χ3v) is 8.25. The summed E-state index contributed by atoms with van der Waals surface area (Å²) in [5, 5.41) is 2.66. The zero-order chi connectivity index (χ0) is 22.0. The lowest BCUT2D eigenvalue weighted by Gasteiger charge is -2.39. The van der Waals surface area contributed by atoms with Crippen molar-refractivity contribution in [3.8, 4) is 0 Å². The van der Waals surface area contributed by atoms with Crippen molar-refractivity contribution in [3.63, 3.8) is 0 Å². The molecule has 0 spiro atoms. The molecule has 0 radical (unpaired) electrons. The van der Waals surface area contributed by atoms with Gasteiger partial charge in [0.05, 0.1) is 13.0 Å². The van der Waals surface area contributed by atoms with Crippen LogP contribution in [0.5, 0.6) is 0 Å². The number of benzene rings is 2. The number of carbonyl (C=O) groups is 1. The Morgan fingerprint density at radius 1 is 1.00 bits per heavy atom. The molecule has 2 aromatic carbocycles. The average molecular weight is 422 g/mol. The van der Waals surface area contributed by atoms with E-state index in [1.54, 1.807) is 0 Å². The van der Waals surface area contributed by atoms with Gasteiger partial charge in [0.2, 0.25) is 0 Å². The first-order chi connectivity index (χ1) is 14.9. The number of likely N-dealkylation sites (tertiary alicyclic amines) is 1. The number of hydrogen-bond acceptors (Lipinski definition) is 3. The second-order valence-electron chi connectivity index (χ2n) is 10.7. The van der Waals surface area contributed by atoms with Crippen LogP contribution in [0.25, 0.3) is 10.8 Å². The quantitative estimate of drug-likeness (QED) is 0.496. The third kappa shape index (κ3) is 5.14. The van der Waals surface area contributed by atoms with Crippen molar-refractivity contribution in [2.45, 2.75) is 65.8 Å². The number of hydrogen-bond donors (Lipinski definition) is 0. The Labute approximate surface area is 188 Å². The molecule has 2 fully saturated rings. The van der Waals surface area contributed by atoms with Crippen LogP contribution in [0.4, 0.5) is 0 Å². The highest BCUT2D eigenvalue weighted by atomic mass is 16.5. The molecule has 0 aromatic heterocycles. The van der Waals surface area contributed by atoms with Gasteiger partial charge in [-0.05, 0) is 77.3 Å². The summed E-state index contributed by atoms with van der Waals surface area (Å²) in [7, 11) is 1.47. The van der Waals surface area contributed by atoms with Gasteiger partial charge in [-0.15, -0.1) is 0 Å². The molecule has 3 heteroatoms. The molecule has 0 bridgehead atoms. The normalized spacial score (nSPS) is 23.0. The fraction of sp³-hybridized carbons (Fsp3) is 0.607. The summed E-state index contributed by atoms with van der Waals surface area (Å²) >= 11 is 0. The predicted octanol–water partition coefficient (Wildman–Crippen LogP) is 6.23. The number of rotatable bonds is 7. The van der Waals surface area contributed by atoms with E-state index in [1.807, 2.05) is 0 Å². The first-order valence-electron chi connectivity index (χ1n) is 12.2. The minimum atomic E-state index is -0.0788. The van der Waals surface area contributed by atoms with Gasteiger partial charge < -0.3 is 4.74 Å². The first kappa shape index (κ1) is 22.3. The minimum Gasteiger partial charge on any atom is -0.469 e. The number of nitrogens with zero attached hydrogens (tertiary/aromatic N) is 1. The fourth-order valence-electron chi connectivity index (χ4n) is 5.61. The summed E-state index contributed by atoms with van der Waals surface area (Å²) in [5.41, 5.74) is 3.31. The van der Waals surface area contributed by atoms with E-state index in [-0.39, 0.29) is 11.9 Å². The maximum atomic E-state index is 11.6. The molecular weight excluding hydrogens is 382 g/mol. The summed E-state index contributed by atoms with van der Waals surface area (Å²) < 4.78 is 4.84. The van der Waals surface area contributed by atoms with Crippen molar-refractivity contribution >= 4 is 16.7 Å². The molecule has 0 amide bonds. The Kier molecular flexibility index (Phi) is 6.71. The minimum absolute atomic E-state index is 0.0520. The molecule has 1 aliphatic heterocycles. The molecule has 31 heavy (non-hydrogen) atoms. The van der Waals surface area contributed by atoms with E-state index in [1.165, 1.54) is 67.5 Å². The van der Waals surface area contributed by atoms with Gasteiger partial charge in [0.25, 0.3) is 0 Å². The zero-order valence-electron chi connectivity index (χ0n) is 19.8. The van der Waals surface area contributed by atoms with Gasteiger partial charge >= 0.3 is 5.97 Å². The summed E-state index contributed by atoms with van der Waals surface area (Å²) in [6.45, 7) is 9.77. The molecule has 1 saturated carbocycles. The van der Waals surface area contributed by atoms with Crippen LogP contribution in [0.15, 0.2) is 36.4 Å². The highest BCUT2D eigenvalue weighted by molar-refractivity contribution is 5.83. The number of carbonyl (C=O) groups excluding carboxylic acids is 1. The van der Waals surface area contributed by atoms with E-state index in [0.29, 0.717) is 5.41 Å². The van der Waals surface area contributed by atoms with Gasteiger partial charge in [-0.3, -0.25) is 9.69 Å². The topological polar surface area (TPSA) is 29.5 Å². The standard InChI is InChI=1S/C28H39NO2/c1-5-28(2,3)26-12-8-20(9-13-26)14-21-6-10-24-16-22(7-11-23(24)15-21)17-29-18-25(19-29)27(30)31-4/h6-7,10-11,15-16,20,25-26H,5,8-9,12-14,17-19H2,1-4H3/t20-,26-. The highest BCUT2D eigenvalue weighted by Crippen LogP contribution is 2.42.